The van der Waals surface area contributed by atoms with Gasteiger partial charge in [-0.1, -0.05) is 24.6 Å². The molecule has 3 atom stereocenters. The van der Waals surface area contributed by atoms with Crippen molar-refractivity contribution in [3.8, 4) is 11.5 Å². The minimum absolute atomic E-state index is 0.00999. The van der Waals surface area contributed by atoms with Crippen molar-refractivity contribution in [1.29, 1.82) is 0 Å². The highest BCUT2D eigenvalue weighted by Gasteiger charge is 2.38. The number of para-hydroxylation sites is 1. The quantitative estimate of drug-likeness (QED) is 0.746. The summed E-state index contributed by atoms with van der Waals surface area (Å²) in [5, 5.41) is 0. The number of hydrazine groups is 1. The number of nitrogens with zero attached hydrogens (tertiary/aromatic N) is 1. The molecule has 0 bridgehead atoms. The SMILES string of the molecule is CCOC(=O)c1cn(CC2NNC3CCCC32)cc(Oc2ccccc2)c1=O. The van der Waals surface area contributed by atoms with E-state index in [1.165, 1.54) is 19.3 Å². The Morgan fingerprint density at radius 3 is 2.79 bits per heavy atom. The van der Waals surface area contributed by atoms with Gasteiger partial charge in [0.15, 0.2) is 5.75 Å². The van der Waals surface area contributed by atoms with Gasteiger partial charge in [-0.3, -0.25) is 15.6 Å². The number of pyridine rings is 1. The summed E-state index contributed by atoms with van der Waals surface area (Å²) < 4.78 is 12.7. The van der Waals surface area contributed by atoms with E-state index in [0.717, 1.165) is 0 Å². The zero-order chi connectivity index (χ0) is 19.5. The van der Waals surface area contributed by atoms with E-state index in [-0.39, 0.29) is 24.0 Å². The molecule has 0 spiro atoms. The van der Waals surface area contributed by atoms with Crippen LogP contribution in [0.1, 0.15) is 36.5 Å². The molecule has 2 aliphatic rings. The minimum atomic E-state index is -0.629. The van der Waals surface area contributed by atoms with Gasteiger partial charge < -0.3 is 14.0 Å². The van der Waals surface area contributed by atoms with E-state index in [9.17, 15) is 9.59 Å². The van der Waals surface area contributed by atoms with Crippen LogP contribution in [0.2, 0.25) is 0 Å². The second-order valence-electron chi connectivity index (χ2n) is 7.29. The Bertz CT molecular complexity index is 896. The van der Waals surface area contributed by atoms with Gasteiger partial charge in [-0.15, -0.1) is 0 Å². The Morgan fingerprint density at radius 2 is 2.00 bits per heavy atom. The number of hydrogen-bond donors (Lipinski definition) is 2. The smallest absolute Gasteiger partial charge is 0.343 e. The lowest BCUT2D eigenvalue weighted by Gasteiger charge is -2.20. The number of rotatable bonds is 6. The van der Waals surface area contributed by atoms with Gasteiger partial charge in [0.25, 0.3) is 0 Å². The number of benzene rings is 1. The predicted molar refractivity (Wildman–Crippen MR) is 104 cm³/mol. The van der Waals surface area contributed by atoms with E-state index < -0.39 is 11.4 Å². The standard InChI is InChI=1S/C21H25N3O4/c1-2-27-21(26)16-11-24(12-18-15-9-6-10-17(15)22-23-18)13-19(20(16)25)28-14-7-4-3-5-8-14/h3-5,7-8,11,13,15,17-18,22-23H,2,6,9-10,12H2,1H3. The first-order valence-corrected chi connectivity index (χ1v) is 9.81. The minimum Gasteiger partial charge on any atom is -0.462 e. The molecule has 148 valence electrons. The summed E-state index contributed by atoms with van der Waals surface area (Å²) in [7, 11) is 0. The fourth-order valence-electron chi connectivity index (χ4n) is 4.13. The van der Waals surface area contributed by atoms with E-state index in [1.807, 2.05) is 22.8 Å². The number of carbonyl (C=O) groups excluding carboxylic acids is 1. The Hall–Kier alpha value is -2.64. The van der Waals surface area contributed by atoms with E-state index in [2.05, 4.69) is 10.9 Å². The largest absolute Gasteiger partial charge is 0.462 e. The fraction of sp³-hybridized carbons (Fsp3) is 0.429. The Balaban J connectivity index is 1.65. The average molecular weight is 383 g/mol. The van der Waals surface area contributed by atoms with Crippen molar-refractivity contribution in [2.45, 2.75) is 44.8 Å². The molecular weight excluding hydrogens is 358 g/mol. The molecule has 1 aromatic heterocycles. The lowest BCUT2D eigenvalue weighted by atomic mass is 9.97. The molecule has 0 radical (unpaired) electrons. The highest BCUT2D eigenvalue weighted by Crippen LogP contribution is 2.32. The van der Waals surface area contributed by atoms with Gasteiger partial charge in [0.2, 0.25) is 5.43 Å². The highest BCUT2D eigenvalue weighted by molar-refractivity contribution is 5.89. The van der Waals surface area contributed by atoms with E-state index in [0.29, 0.717) is 24.3 Å². The van der Waals surface area contributed by atoms with Gasteiger partial charge >= 0.3 is 5.97 Å². The summed E-state index contributed by atoms with van der Waals surface area (Å²) in [6.07, 6.45) is 6.81. The summed E-state index contributed by atoms with van der Waals surface area (Å²) in [4.78, 5) is 25.1. The predicted octanol–water partition coefficient (Wildman–Crippen LogP) is 2.46. The molecule has 1 aliphatic carbocycles. The molecule has 2 heterocycles. The van der Waals surface area contributed by atoms with Crippen LogP contribution in [-0.4, -0.2) is 29.2 Å². The molecule has 28 heavy (non-hydrogen) atoms. The van der Waals surface area contributed by atoms with Crippen molar-refractivity contribution in [2.75, 3.05) is 6.61 Å². The summed E-state index contributed by atoms with van der Waals surface area (Å²) in [5.74, 6) is 0.578. The number of hydrogen-bond acceptors (Lipinski definition) is 6. The molecule has 1 aliphatic heterocycles. The maximum absolute atomic E-state index is 12.8. The molecule has 1 saturated carbocycles. The molecule has 4 rings (SSSR count). The van der Waals surface area contributed by atoms with Gasteiger partial charge in [0, 0.05) is 24.8 Å². The van der Waals surface area contributed by atoms with Crippen molar-refractivity contribution in [1.82, 2.24) is 15.4 Å². The van der Waals surface area contributed by atoms with Crippen LogP contribution in [0.15, 0.2) is 47.5 Å². The topological polar surface area (TPSA) is 81.6 Å². The van der Waals surface area contributed by atoms with Gasteiger partial charge in [0.05, 0.1) is 12.8 Å². The van der Waals surface area contributed by atoms with Crippen LogP contribution >= 0.6 is 0 Å². The molecule has 2 fully saturated rings. The number of fused-ring (bicyclic) bond motifs is 1. The van der Waals surface area contributed by atoms with Crippen LogP contribution in [0, 0.1) is 5.92 Å². The Labute approximate surface area is 163 Å². The van der Waals surface area contributed by atoms with Gasteiger partial charge in [-0.25, -0.2) is 4.79 Å². The molecular formula is C21H25N3O4. The van der Waals surface area contributed by atoms with Crippen molar-refractivity contribution in [3.05, 3.63) is 58.5 Å². The third-order valence-electron chi connectivity index (χ3n) is 5.46. The van der Waals surface area contributed by atoms with Crippen LogP contribution in [-0.2, 0) is 11.3 Å². The zero-order valence-electron chi connectivity index (χ0n) is 15.9. The first-order chi connectivity index (χ1) is 13.7. The molecule has 2 N–H and O–H groups in total. The summed E-state index contributed by atoms with van der Waals surface area (Å²) in [6, 6.07) is 9.80. The van der Waals surface area contributed by atoms with E-state index in [4.69, 9.17) is 9.47 Å². The van der Waals surface area contributed by atoms with Crippen LogP contribution in [0.3, 0.4) is 0 Å². The van der Waals surface area contributed by atoms with Gasteiger partial charge in [-0.2, -0.15) is 0 Å². The molecule has 2 aromatic rings. The molecule has 3 unspecified atom stereocenters. The first kappa shape index (κ1) is 18.7. The molecule has 7 heteroatoms. The maximum Gasteiger partial charge on any atom is 0.343 e. The van der Waals surface area contributed by atoms with Crippen molar-refractivity contribution in [2.24, 2.45) is 5.92 Å². The first-order valence-electron chi connectivity index (χ1n) is 9.81. The van der Waals surface area contributed by atoms with Crippen LogP contribution < -0.4 is 21.0 Å². The lowest BCUT2D eigenvalue weighted by Crippen LogP contribution is -2.36. The number of aromatic nitrogens is 1. The Morgan fingerprint density at radius 1 is 1.18 bits per heavy atom. The second-order valence-corrected chi connectivity index (χ2v) is 7.29. The monoisotopic (exact) mass is 383 g/mol. The number of ether oxygens (including phenoxy) is 2. The lowest BCUT2D eigenvalue weighted by molar-refractivity contribution is 0.0523. The van der Waals surface area contributed by atoms with Crippen molar-refractivity contribution in [3.63, 3.8) is 0 Å². The van der Waals surface area contributed by atoms with Crippen molar-refractivity contribution >= 4 is 5.97 Å². The number of nitrogens with one attached hydrogen (secondary N) is 2. The van der Waals surface area contributed by atoms with Crippen LogP contribution in [0.4, 0.5) is 0 Å². The zero-order valence-corrected chi connectivity index (χ0v) is 15.9. The summed E-state index contributed by atoms with van der Waals surface area (Å²) >= 11 is 0. The van der Waals surface area contributed by atoms with E-state index in [1.54, 1.807) is 31.5 Å². The van der Waals surface area contributed by atoms with Crippen LogP contribution in [0.25, 0.3) is 0 Å². The molecule has 1 saturated heterocycles. The third kappa shape index (κ3) is 3.81. The summed E-state index contributed by atoms with van der Waals surface area (Å²) in [6.45, 7) is 2.56. The molecule has 1 aromatic carbocycles. The number of esters is 1. The average Bonchev–Trinajstić information content (AvgIpc) is 3.30. The molecule has 7 nitrogen and oxygen atoms in total. The number of carbonyl (C=O) groups is 1. The third-order valence-corrected chi connectivity index (χ3v) is 5.46. The maximum atomic E-state index is 12.8. The Kier molecular flexibility index (Phi) is 5.45. The highest BCUT2D eigenvalue weighted by atomic mass is 16.5. The second kappa shape index (κ2) is 8.16. The van der Waals surface area contributed by atoms with Gasteiger partial charge in [0.1, 0.15) is 11.3 Å². The van der Waals surface area contributed by atoms with E-state index >= 15 is 0 Å². The van der Waals surface area contributed by atoms with Crippen LogP contribution in [0.5, 0.6) is 11.5 Å². The van der Waals surface area contributed by atoms with Crippen molar-refractivity contribution < 1.29 is 14.3 Å². The molecule has 0 amide bonds. The normalized spacial score (nSPS) is 23.4. The fourth-order valence-corrected chi connectivity index (χ4v) is 4.13. The van der Waals surface area contributed by atoms with Gasteiger partial charge in [-0.05, 0) is 37.8 Å². The summed E-state index contributed by atoms with van der Waals surface area (Å²) in [5.41, 5.74) is 6.25.